The molecule has 2 nitrogen and oxygen atoms in total. The van der Waals surface area contributed by atoms with E-state index in [2.05, 4.69) is 25.4 Å². The van der Waals surface area contributed by atoms with Crippen molar-refractivity contribution in [3.05, 3.63) is 12.3 Å². The van der Waals surface area contributed by atoms with Crippen LogP contribution in [0.15, 0.2) is 17.3 Å². The second kappa shape index (κ2) is 4.16. The Morgan fingerprint density at radius 3 is 2.18 bits per heavy atom. The molecule has 11 heavy (non-hydrogen) atoms. The standard InChI is InChI=1S/C9H18N2/c1-7(2)8(3)11(6)9(4)10-5/h7H,3H2,1-2,4-6H3/b10-9-. The normalized spacial score (nSPS) is 12.0. The van der Waals surface area contributed by atoms with E-state index in [0.29, 0.717) is 5.92 Å². The lowest BCUT2D eigenvalue weighted by atomic mass is 10.1. The Morgan fingerprint density at radius 2 is 1.91 bits per heavy atom. The maximum Gasteiger partial charge on any atom is 0.0993 e. The third-order valence-corrected chi connectivity index (χ3v) is 1.91. The molecular weight excluding hydrogens is 136 g/mol. The molecule has 0 unspecified atom stereocenters. The lowest BCUT2D eigenvalue weighted by molar-refractivity contribution is 0.528. The number of hydrogen-bond acceptors (Lipinski definition) is 1. The monoisotopic (exact) mass is 154 g/mol. The van der Waals surface area contributed by atoms with E-state index in [4.69, 9.17) is 0 Å². The van der Waals surface area contributed by atoms with Crippen molar-refractivity contribution < 1.29 is 0 Å². The zero-order chi connectivity index (χ0) is 9.02. The number of hydrogen-bond donors (Lipinski definition) is 0. The van der Waals surface area contributed by atoms with Gasteiger partial charge in [-0.15, -0.1) is 0 Å². The zero-order valence-electron chi connectivity index (χ0n) is 8.18. The van der Waals surface area contributed by atoms with Gasteiger partial charge in [0, 0.05) is 19.8 Å². The first-order valence-corrected chi connectivity index (χ1v) is 3.86. The Kier molecular flexibility index (Phi) is 3.86. The van der Waals surface area contributed by atoms with E-state index in [-0.39, 0.29) is 0 Å². The van der Waals surface area contributed by atoms with Crippen LogP contribution in [0.4, 0.5) is 0 Å². The topological polar surface area (TPSA) is 15.6 Å². The van der Waals surface area contributed by atoms with Crippen LogP contribution in [0.2, 0.25) is 0 Å². The molecule has 0 fully saturated rings. The van der Waals surface area contributed by atoms with E-state index in [1.807, 2.05) is 18.9 Å². The summed E-state index contributed by atoms with van der Waals surface area (Å²) in [6.45, 7) is 10.2. The predicted octanol–water partition coefficient (Wildman–Crippen LogP) is 2.14. The van der Waals surface area contributed by atoms with E-state index in [9.17, 15) is 0 Å². The Morgan fingerprint density at radius 1 is 1.45 bits per heavy atom. The minimum absolute atomic E-state index is 0.483. The Bertz CT molecular complexity index is 168. The van der Waals surface area contributed by atoms with Gasteiger partial charge >= 0.3 is 0 Å². The molecule has 0 aliphatic rings. The van der Waals surface area contributed by atoms with Gasteiger partial charge in [-0.05, 0) is 12.8 Å². The van der Waals surface area contributed by atoms with Crippen LogP contribution in [0.5, 0.6) is 0 Å². The molecule has 0 aromatic carbocycles. The first-order chi connectivity index (χ1) is 5.00. The maximum absolute atomic E-state index is 4.07. The van der Waals surface area contributed by atoms with Crippen LogP contribution in [0.25, 0.3) is 0 Å². The Balaban J connectivity index is 4.25. The number of rotatable bonds is 2. The molecule has 0 aromatic heterocycles. The summed E-state index contributed by atoms with van der Waals surface area (Å²) in [6.07, 6.45) is 0. The van der Waals surface area contributed by atoms with Gasteiger partial charge in [-0.3, -0.25) is 4.99 Å². The fourth-order valence-electron chi connectivity index (χ4n) is 0.745. The van der Waals surface area contributed by atoms with E-state index >= 15 is 0 Å². The quantitative estimate of drug-likeness (QED) is 0.439. The molecule has 0 radical (unpaired) electrons. The average molecular weight is 154 g/mol. The van der Waals surface area contributed by atoms with Crippen LogP contribution in [-0.2, 0) is 0 Å². The van der Waals surface area contributed by atoms with Crippen LogP contribution in [0.1, 0.15) is 20.8 Å². The third kappa shape index (κ3) is 2.74. The SMILES string of the molecule is C=C(C(C)C)N(C)/C(C)=N\C. The minimum Gasteiger partial charge on any atom is -0.338 e. The van der Waals surface area contributed by atoms with Gasteiger partial charge in [0.2, 0.25) is 0 Å². The van der Waals surface area contributed by atoms with Gasteiger partial charge in [-0.25, -0.2) is 0 Å². The van der Waals surface area contributed by atoms with Crippen LogP contribution in [-0.4, -0.2) is 24.8 Å². The third-order valence-electron chi connectivity index (χ3n) is 1.91. The smallest absolute Gasteiger partial charge is 0.0993 e. The Hall–Kier alpha value is -0.790. The van der Waals surface area contributed by atoms with Crippen LogP contribution >= 0.6 is 0 Å². The van der Waals surface area contributed by atoms with E-state index in [0.717, 1.165) is 11.5 Å². The summed E-state index contributed by atoms with van der Waals surface area (Å²) in [4.78, 5) is 6.09. The van der Waals surface area contributed by atoms with Crippen molar-refractivity contribution in [1.29, 1.82) is 0 Å². The van der Waals surface area contributed by atoms with Gasteiger partial charge in [-0.2, -0.15) is 0 Å². The van der Waals surface area contributed by atoms with Crippen molar-refractivity contribution >= 4 is 5.84 Å². The molecule has 0 aromatic rings. The maximum atomic E-state index is 4.07. The van der Waals surface area contributed by atoms with Crippen molar-refractivity contribution in [3.8, 4) is 0 Å². The van der Waals surface area contributed by atoms with Gasteiger partial charge in [0.05, 0.1) is 5.84 Å². The molecule has 0 N–H and O–H groups in total. The molecule has 0 spiro atoms. The first kappa shape index (κ1) is 10.2. The van der Waals surface area contributed by atoms with Gasteiger partial charge < -0.3 is 4.90 Å². The van der Waals surface area contributed by atoms with E-state index in [1.165, 1.54) is 0 Å². The van der Waals surface area contributed by atoms with E-state index < -0.39 is 0 Å². The number of aliphatic imine (C=N–C) groups is 1. The van der Waals surface area contributed by atoms with Crippen LogP contribution < -0.4 is 0 Å². The van der Waals surface area contributed by atoms with Gasteiger partial charge in [0.1, 0.15) is 0 Å². The molecule has 0 aliphatic carbocycles. The van der Waals surface area contributed by atoms with Gasteiger partial charge in [0.25, 0.3) is 0 Å². The van der Waals surface area contributed by atoms with Crippen LogP contribution in [0.3, 0.4) is 0 Å². The van der Waals surface area contributed by atoms with Crippen molar-refractivity contribution in [2.75, 3.05) is 14.1 Å². The molecule has 64 valence electrons. The minimum atomic E-state index is 0.483. The molecule has 0 aliphatic heterocycles. The summed E-state index contributed by atoms with van der Waals surface area (Å²) >= 11 is 0. The van der Waals surface area contributed by atoms with Crippen molar-refractivity contribution in [1.82, 2.24) is 4.90 Å². The fourth-order valence-corrected chi connectivity index (χ4v) is 0.745. The summed E-state index contributed by atoms with van der Waals surface area (Å²) in [7, 11) is 3.78. The lowest BCUT2D eigenvalue weighted by Gasteiger charge is -2.23. The zero-order valence-corrected chi connectivity index (χ0v) is 8.18. The molecule has 0 bridgehead atoms. The highest BCUT2D eigenvalue weighted by atomic mass is 15.2. The van der Waals surface area contributed by atoms with Crippen LogP contribution in [0, 0.1) is 5.92 Å². The molecule has 0 saturated heterocycles. The van der Waals surface area contributed by atoms with Gasteiger partial charge in [-0.1, -0.05) is 20.4 Å². The van der Waals surface area contributed by atoms with Crippen molar-refractivity contribution in [3.63, 3.8) is 0 Å². The molecule has 0 saturated carbocycles. The molecule has 0 amide bonds. The summed E-state index contributed by atoms with van der Waals surface area (Å²) < 4.78 is 0. The number of nitrogens with zero attached hydrogens (tertiary/aromatic N) is 2. The number of amidine groups is 1. The highest BCUT2D eigenvalue weighted by molar-refractivity contribution is 5.80. The first-order valence-electron chi connectivity index (χ1n) is 3.86. The van der Waals surface area contributed by atoms with E-state index in [1.54, 1.807) is 7.05 Å². The molecule has 2 heteroatoms. The second-order valence-electron chi connectivity index (χ2n) is 2.98. The largest absolute Gasteiger partial charge is 0.338 e. The second-order valence-corrected chi connectivity index (χ2v) is 2.98. The summed E-state index contributed by atoms with van der Waals surface area (Å²) in [5.74, 6) is 1.49. The number of allylic oxidation sites excluding steroid dienone is 1. The molecular formula is C9H18N2. The van der Waals surface area contributed by atoms with Crippen molar-refractivity contribution in [2.24, 2.45) is 10.9 Å². The highest BCUT2D eigenvalue weighted by Crippen LogP contribution is 2.10. The van der Waals surface area contributed by atoms with Gasteiger partial charge in [0.15, 0.2) is 0 Å². The highest BCUT2D eigenvalue weighted by Gasteiger charge is 2.07. The summed E-state index contributed by atoms with van der Waals surface area (Å²) in [6, 6.07) is 0. The predicted molar refractivity (Wildman–Crippen MR) is 50.8 cm³/mol. The lowest BCUT2D eigenvalue weighted by Crippen LogP contribution is -2.25. The molecule has 0 atom stereocenters. The average Bonchev–Trinajstić information content (AvgIpc) is 2.00. The Labute approximate surface area is 69.6 Å². The summed E-state index contributed by atoms with van der Waals surface area (Å²) in [5, 5.41) is 0. The van der Waals surface area contributed by atoms with Crippen molar-refractivity contribution in [2.45, 2.75) is 20.8 Å². The summed E-state index contributed by atoms with van der Waals surface area (Å²) in [5.41, 5.74) is 1.10. The fraction of sp³-hybridized carbons (Fsp3) is 0.667. The molecule has 0 rings (SSSR count). The molecule has 0 heterocycles.